The van der Waals surface area contributed by atoms with E-state index in [0.29, 0.717) is 17.8 Å². The largest absolute Gasteiger partial charge is 0.510 e. The lowest BCUT2D eigenvalue weighted by Crippen LogP contribution is -2.63. The van der Waals surface area contributed by atoms with Crippen LogP contribution in [0.1, 0.15) is 41.6 Å². The molecule has 1 aromatic carbocycles. The number of amides is 2. The summed E-state index contributed by atoms with van der Waals surface area (Å²) in [4.78, 5) is 58.4. The number of nitrogens with zero attached hydrogens (tertiary/aromatic N) is 3. The highest BCUT2D eigenvalue weighted by Gasteiger charge is 2.63. The number of hydrogen-bond acceptors (Lipinski definition) is 12. The van der Waals surface area contributed by atoms with E-state index in [1.165, 1.54) is 24.2 Å². The SMILES string of the molecule is CN(C)c1cc(NC(=O)CNCCN2CCCCC2)c(O)c2c1CC1CC3[C@H](N(C)C)C(O)=C(C(N)=O)C(=O)C3(O)C(O)=C1C2=O. The molecule has 3 aliphatic carbocycles. The standard InChI is InChI=1S/C32H44N6O8/c1-36(2)20-14-19(35-21(39)15-34-8-11-38-9-6-5-7-10-38)26(40)23-17(20)12-16-13-18-25(37(3)4)28(42)24(31(33)45)30(44)32(18,46)29(43)22(16)27(23)41/h14,16,18,25,34,40,42-43,46H,5-13,15H2,1-4H3,(H2,33,45)(H,35,39)/t16?,18?,25-,32?/m0/s1. The summed E-state index contributed by atoms with van der Waals surface area (Å²) in [7, 11) is 6.66. The smallest absolute Gasteiger partial charge is 0.255 e. The van der Waals surface area contributed by atoms with Crippen molar-refractivity contribution >= 4 is 34.8 Å². The van der Waals surface area contributed by atoms with Gasteiger partial charge in [-0.15, -0.1) is 0 Å². The number of carbonyl (C=O) groups excluding carboxylic acids is 4. The molecule has 0 aromatic heterocycles. The second-order valence-corrected chi connectivity index (χ2v) is 13.1. The number of anilines is 2. The van der Waals surface area contributed by atoms with Gasteiger partial charge < -0.3 is 46.6 Å². The summed E-state index contributed by atoms with van der Waals surface area (Å²) in [5.74, 6) is -7.70. The Hall–Kier alpha value is -3.98. The number of benzene rings is 1. The summed E-state index contributed by atoms with van der Waals surface area (Å²) in [6.45, 7) is 3.49. The molecular weight excluding hydrogens is 596 g/mol. The number of aromatic hydroxyl groups is 1. The Morgan fingerprint density at radius 1 is 1.09 bits per heavy atom. The number of nitrogens with one attached hydrogen (secondary N) is 2. The zero-order valence-electron chi connectivity index (χ0n) is 26.7. The maximum absolute atomic E-state index is 14.2. The minimum absolute atomic E-state index is 0.00477. The summed E-state index contributed by atoms with van der Waals surface area (Å²) in [6, 6.07) is 0.513. The van der Waals surface area contributed by atoms with Crippen molar-refractivity contribution in [3.63, 3.8) is 0 Å². The van der Waals surface area contributed by atoms with Crippen LogP contribution in [0, 0.1) is 11.8 Å². The van der Waals surface area contributed by atoms with Gasteiger partial charge >= 0.3 is 0 Å². The van der Waals surface area contributed by atoms with Gasteiger partial charge in [-0.2, -0.15) is 0 Å². The molecule has 0 saturated carbocycles. The normalized spacial score (nSPS) is 26.5. The molecule has 3 unspecified atom stereocenters. The highest BCUT2D eigenvalue weighted by Crippen LogP contribution is 2.53. The summed E-state index contributed by atoms with van der Waals surface area (Å²) in [5, 5.41) is 51.5. The first-order valence-corrected chi connectivity index (χ1v) is 15.6. The van der Waals surface area contributed by atoms with Crippen LogP contribution in [0.25, 0.3) is 0 Å². The van der Waals surface area contributed by atoms with E-state index in [2.05, 4.69) is 15.5 Å². The third-order valence-corrected chi connectivity index (χ3v) is 9.79. The Morgan fingerprint density at radius 3 is 2.37 bits per heavy atom. The second kappa shape index (κ2) is 12.7. The molecule has 4 atom stereocenters. The number of rotatable bonds is 9. The maximum Gasteiger partial charge on any atom is 0.255 e. The van der Waals surface area contributed by atoms with Crippen molar-refractivity contribution in [1.29, 1.82) is 0 Å². The van der Waals surface area contributed by atoms with E-state index in [1.54, 1.807) is 39.2 Å². The molecule has 0 bridgehead atoms. The Balaban J connectivity index is 1.48. The van der Waals surface area contributed by atoms with Crippen LogP contribution in [0.5, 0.6) is 5.75 Å². The number of likely N-dealkylation sites (N-methyl/N-ethyl adjacent to an activating group) is 1. The van der Waals surface area contributed by atoms with Crippen LogP contribution < -0.4 is 21.3 Å². The van der Waals surface area contributed by atoms with Crippen molar-refractivity contribution in [2.75, 3.05) is 71.1 Å². The number of allylic oxidation sites excluding steroid dienone is 1. The van der Waals surface area contributed by atoms with E-state index in [4.69, 9.17) is 5.73 Å². The first kappa shape index (κ1) is 33.4. The van der Waals surface area contributed by atoms with Crippen molar-refractivity contribution in [2.24, 2.45) is 17.6 Å². The predicted molar refractivity (Wildman–Crippen MR) is 170 cm³/mol. The number of hydrogen-bond donors (Lipinski definition) is 7. The van der Waals surface area contributed by atoms with Crippen LogP contribution in [0.4, 0.5) is 11.4 Å². The minimum Gasteiger partial charge on any atom is -0.510 e. The van der Waals surface area contributed by atoms with Crippen LogP contribution in [-0.2, 0) is 20.8 Å². The molecule has 1 saturated heterocycles. The number of carbonyl (C=O) groups is 4. The van der Waals surface area contributed by atoms with Gasteiger partial charge in [-0.25, -0.2) is 0 Å². The summed E-state index contributed by atoms with van der Waals surface area (Å²) >= 11 is 0. The van der Waals surface area contributed by atoms with E-state index < -0.39 is 69.7 Å². The van der Waals surface area contributed by atoms with Gasteiger partial charge in [0.25, 0.3) is 5.91 Å². The predicted octanol–water partition coefficient (Wildman–Crippen LogP) is 0.201. The Morgan fingerprint density at radius 2 is 1.76 bits per heavy atom. The Kier molecular flexibility index (Phi) is 9.19. The zero-order valence-corrected chi connectivity index (χ0v) is 26.7. The highest BCUT2D eigenvalue weighted by atomic mass is 16.3. The molecule has 4 aliphatic rings. The van der Waals surface area contributed by atoms with Gasteiger partial charge in [-0.3, -0.25) is 24.1 Å². The van der Waals surface area contributed by atoms with E-state index in [1.807, 2.05) is 0 Å². The fraction of sp³-hybridized carbons (Fsp3) is 0.562. The number of aliphatic hydroxyl groups is 3. The molecule has 5 rings (SSSR count). The molecule has 14 heteroatoms. The molecule has 0 spiro atoms. The molecule has 2 amide bonds. The van der Waals surface area contributed by atoms with Gasteiger partial charge in [0.1, 0.15) is 17.1 Å². The number of aliphatic hydroxyl groups excluding tert-OH is 2. The molecule has 250 valence electrons. The molecule has 1 aromatic rings. The quantitative estimate of drug-likeness (QED) is 0.110. The molecule has 14 nitrogen and oxygen atoms in total. The molecule has 1 aliphatic heterocycles. The van der Waals surface area contributed by atoms with E-state index in [0.717, 1.165) is 19.6 Å². The van der Waals surface area contributed by atoms with Gasteiger partial charge in [0.2, 0.25) is 11.7 Å². The Bertz CT molecular complexity index is 1530. The average Bonchev–Trinajstić information content (AvgIpc) is 2.98. The van der Waals surface area contributed by atoms with Crippen molar-refractivity contribution in [3.8, 4) is 5.75 Å². The molecule has 1 heterocycles. The van der Waals surface area contributed by atoms with Gasteiger partial charge in [0.15, 0.2) is 17.1 Å². The fourth-order valence-electron chi connectivity index (χ4n) is 7.61. The number of ketones is 2. The molecule has 8 N–H and O–H groups in total. The monoisotopic (exact) mass is 640 g/mol. The zero-order chi connectivity index (χ0) is 33.7. The van der Waals surface area contributed by atoms with Crippen molar-refractivity contribution in [1.82, 2.24) is 15.1 Å². The van der Waals surface area contributed by atoms with Crippen molar-refractivity contribution < 1.29 is 39.6 Å². The summed E-state index contributed by atoms with van der Waals surface area (Å²) in [6.07, 6.45) is 3.70. The molecular formula is C32H44N6O8. The van der Waals surface area contributed by atoms with E-state index in [9.17, 15) is 39.6 Å². The average molecular weight is 641 g/mol. The maximum atomic E-state index is 14.2. The number of primary amides is 1. The summed E-state index contributed by atoms with van der Waals surface area (Å²) < 4.78 is 0. The molecule has 0 radical (unpaired) electrons. The van der Waals surface area contributed by atoms with Crippen molar-refractivity contribution in [2.45, 2.75) is 43.7 Å². The van der Waals surface area contributed by atoms with Gasteiger partial charge in [0.05, 0.1) is 23.8 Å². The topological polar surface area (TPSA) is 209 Å². The third-order valence-electron chi connectivity index (χ3n) is 9.79. The minimum atomic E-state index is -2.73. The van der Waals surface area contributed by atoms with Gasteiger partial charge in [0, 0.05) is 44.4 Å². The second-order valence-electron chi connectivity index (χ2n) is 13.1. The van der Waals surface area contributed by atoms with Crippen LogP contribution in [-0.4, -0.2) is 126 Å². The third kappa shape index (κ3) is 5.52. The van der Waals surface area contributed by atoms with Gasteiger partial charge in [-0.1, -0.05) is 6.42 Å². The molecule has 1 fully saturated rings. The lowest BCUT2D eigenvalue weighted by molar-refractivity contribution is -0.148. The highest BCUT2D eigenvalue weighted by molar-refractivity contribution is 6.25. The number of fused-ring (bicyclic) bond motifs is 3. The molecule has 46 heavy (non-hydrogen) atoms. The van der Waals surface area contributed by atoms with Crippen LogP contribution >= 0.6 is 0 Å². The van der Waals surface area contributed by atoms with Crippen LogP contribution in [0.3, 0.4) is 0 Å². The number of phenols is 1. The van der Waals surface area contributed by atoms with Crippen molar-refractivity contribution in [3.05, 3.63) is 39.9 Å². The lowest BCUT2D eigenvalue weighted by Gasteiger charge is -2.50. The number of likely N-dealkylation sites (tertiary alicyclic amines) is 1. The number of piperidine rings is 1. The Labute approximate surface area is 267 Å². The fourth-order valence-corrected chi connectivity index (χ4v) is 7.61. The number of Topliss-reactive ketones (excluding diaryl/α,β-unsaturated/α-hetero) is 2. The lowest BCUT2D eigenvalue weighted by atomic mass is 9.58. The van der Waals surface area contributed by atoms with E-state index in [-0.39, 0.29) is 36.2 Å². The van der Waals surface area contributed by atoms with Crippen LogP contribution in [0.15, 0.2) is 28.7 Å². The summed E-state index contributed by atoms with van der Waals surface area (Å²) in [5.41, 5.74) is 2.41. The first-order valence-electron chi connectivity index (χ1n) is 15.6. The van der Waals surface area contributed by atoms with Crippen LogP contribution in [0.2, 0.25) is 0 Å². The van der Waals surface area contributed by atoms with E-state index >= 15 is 0 Å². The van der Waals surface area contributed by atoms with Gasteiger partial charge in [-0.05, 0) is 70.4 Å². The number of nitrogens with two attached hydrogens (primary N) is 1. The first-order chi connectivity index (χ1) is 21.7. The number of phenolic OH excluding ortho intramolecular Hbond substituents is 1.